The van der Waals surface area contributed by atoms with Crippen LogP contribution in [0.5, 0.6) is 5.75 Å². The number of hydrogen-bond acceptors (Lipinski definition) is 5. The second-order valence-corrected chi connectivity index (χ2v) is 11.1. The van der Waals surface area contributed by atoms with Gasteiger partial charge in [0.2, 0.25) is 5.91 Å². The number of rotatable bonds is 4. The normalized spacial score (nSPS) is 28.4. The highest BCUT2D eigenvalue weighted by molar-refractivity contribution is 6.21. The molecule has 2 spiro atoms. The van der Waals surface area contributed by atoms with E-state index >= 15 is 0 Å². The Morgan fingerprint density at radius 1 is 0.974 bits per heavy atom. The van der Waals surface area contributed by atoms with Gasteiger partial charge in [-0.2, -0.15) is 0 Å². The number of amides is 2. The van der Waals surface area contributed by atoms with Crippen LogP contribution < -0.4 is 15.4 Å². The van der Waals surface area contributed by atoms with Gasteiger partial charge >= 0.3 is 0 Å². The smallest absolute Gasteiger partial charge is 0.251 e. The Labute approximate surface area is 227 Å². The lowest BCUT2D eigenvalue weighted by atomic mass is 9.57. The highest BCUT2D eigenvalue weighted by atomic mass is 16.5. The minimum Gasteiger partial charge on any atom is -0.493 e. The lowest BCUT2D eigenvalue weighted by Gasteiger charge is -2.43. The number of para-hydroxylation sites is 2. The summed E-state index contributed by atoms with van der Waals surface area (Å²) < 4.78 is 5.89. The fraction of sp³-hybridized carbons (Fsp3) is 0.344. The van der Waals surface area contributed by atoms with Crippen LogP contribution in [-0.2, 0) is 20.5 Å². The summed E-state index contributed by atoms with van der Waals surface area (Å²) in [5, 5.41) is 6.28. The van der Waals surface area contributed by atoms with E-state index in [9.17, 15) is 14.4 Å². The highest BCUT2D eigenvalue weighted by Crippen LogP contribution is 2.68. The van der Waals surface area contributed by atoms with Gasteiger partial charge in [0, 0.05) is 23.0 Å². The molecular formula is C32H31N3O4. The van der Waals surface area contributed by atoms with Crippen molar-refractivity contribution < 1.29 is 19.1 Å². The van der Waals surface area contributed by atoms with Crippen LogP contribution in [0.15, 0.2) is 60.7 Å². The van der Waals surface area contributed by atoms with E-state index in [0.717, 1.165) is 35.2 Å². The maximum absolute atomic E-state index is 14.9. The Kier molecular flexibility index (Phi) is 5.11. The van der Waals surface area contributed by atoms with Crippen molar-refractivity contribution in [2.45, 2.75) is 50.6 Å². The molecule has 4 aliphatic heterocycles. The van der Waals surface area contributed by atoms with E-state index in [0.29, 0.717) is 35.7 Å². The first kappa shape index (κ1) is 24.1. The molecule has 4 aliphatic rings. The molecule has 0 unspecified atom stereocenters. The zero-order chi connectivity index (χ0) is 27.1. The van der Waals surface area contributed by atoms with Crippen LogP contribution in [-0.4, -0.2) is 41.7 Å². The summed E-state index contributed by atoms with van der Waals surface area (Å²) in [7, 11) is 0. The molecule has 2 amide bonds. The van der Waals surface area contributed by atoms with Gasteiger partial charge in [-0.05, 0) is 75.0 Å². The first-order valence-corrected chi connectivity index (χ1v) is 13.7. The molecule has 3 aromatic rings. The molecule has 4 heterocycles. The summed E-state index contributed by atoms with van der Waals surface area (Å²) in [6.45, 7) is 6.94. The second-order valence-electron chi connectivity index (χ2n) is 11.1. The number of anilines is 2. The molecule has 7 nitrogen and oxygen atoms in total. The van der Waals surface area contributed by atoms with Gasteiger partial charge < -0.3 is 15.4 Å². The van der Waals surface area contributed by atoms with Crippen LogP contribution in [0.2, 0.25) is 0 Å². The topological polar surface area (TPSA) is 87.7 Å². The van der Waals surface area contributed by atoms with E-state index in [2.05, 4.69) is 15.5 Å². The zero-order valence-electron chi connectivity index (χ0n) is 22.3. The summed E-state index contributed by atoms with van der Waals surface area (Å²) in [4.78, 5) is 46.2. The lowest BCUT2D eigenvalue weighted by Crippen LogP contribution is -2.62. The number of nitrogens with one attached hydrogen (secondary N) is 2. The third-order valence-corrected chi connectivity index (χ3v) is 9.54. The molecule has 3 aromatic carbocycles. The van der Waals surface area contributed by atoms with Gasteiger partial charge in [-0.3, -0.25) is 19.3 Å². The van der Waals surface area contributed by atoms with Crippen LogP contribution in [0.1, 0.15) is 52.4 Å². The van der Waals surface area contributed by atoms with Gasteiger partial charge in [0.15, 0.2) is 5.78 Å². The molecule has 7 rings (SSSR count). The lowest BCUT2D eigenvalue weighted by molar-refractivity contribution is -0.137. The van der Waals surface area contributed by atoms with Gasteiger partial charge in [0.05, 0.1) is 18.1 Å². The van der Waals surface area contributed by atoms with Crippen LogP contribution in [0.4, 0.5) is 11.4 Å². The summed E-state index contributed by atoms with van der Waals surface area (Å²) in [5.74, 6) is -0.988. The third-order valence-electron chi connectivity index (χ3n) is 9.54. The van der Waals surface area contributed by atoms with Gasteiger partial charge in [-0.1, -0.05) is 42.5 Å². The molecule has 39 heavy (non-hydrogen) atoms. The average Bonchev–Trinajstić information content (AvgIpc) is 3.65. The van der Waals surface area contributed by atoms with Crippen molar-refractivity contribution in [1.29, 1.82) is 0 Å². The molecule has 0 bridgehead atoms. The largest absolute Gasteiger partial charge is 0.493 e. The van der Waals surface area contributed by atoms with Crippen LogP contribution in [0.25, 0.3) is 0 Å². The Bertz CT molecular complexity index is 1580. The second kappa shape index (κ2) is 8.26. The van der Waals surface area contributed by atoms with Crippen molar-refractivity contribution >= 4 is 29.0 Å². The predicted octanol–water partition coefficient (Wildman–Crippen LogP) is 4.72. The monoisotopic (exact) mass is 521 g/mol. The van der Waals surface area contributed by atoms with E-state index < -0.39 is 16.9 Å². The minimum absolute atomic E-state index is 0.162. The Morgan fingerprint density at radius 3 is 2.56 bits per heavy atom. The first-order chi connectivity index (χ1) is 18.9. The summed E-state index contributed by atoms with van der Waals surface area (Å²) >= 11 is 0. The predicted molar refractivity (Wildman–Crippen MR) is 148 cm³/mol. The van der Waals surface area contributed by atoms with Crippen LogP contribution in [0, 0.1) is 19.8 Å². The van der Waals surface area contributed by atoms with E-state index in [1.807, 2.05) is 69.3 Å². The molecule has 4 atom stereocenters. The van der Waals surface area contributed by atoms with Crippen LogP contribution in [0.3, 0.4) is 0 Å². The highest BCUT2D eigenvalue weighted by Gasteiger charge is 2.81. The Hall–Kier alpha value is -3.97. The number of Topliss-reactive ketones (excluding diaryl/α,β-unsaturated/α-hetero) is 1. The summed E-state index contributed by atoms with van der Waals surface area (Å²) in [6.07, 6.45) is 1.57. The number of benzene rings is 3. The first-order valence-electron chi connectivity index (χ1n) is 13.7. The van der Waals surface area contributed by atoms with Gasteiger partial charge in [-0.15, -0.1) is 0 Å². The average molecular weight is 522 g/mol. The molecule has 2 N–H and O–H groups in total. The van der Waals surface area contributed by atoms with Gasteiger partial charge in [0.1, 0.15) is 16.7 Å². The molecule has 2 saturated heterocycles. The molecule has 0 radical (unpaired) electrons. The number of ketones is 1. The van der Waals surface area contributed by atoms with E-state index in [4.69, 9.17) is 4.74 Å². The van der Waals surface area contributed by atoms with Crippen molar-refractivity contribution in [3.05, 3.63) is 88.5 Å². The summed E-state index contributed by atoms with van der Waals surface area (Å²) in [5.41, 5.74) is 2.57. The quantitative estimate of drug-likeness (QED) is 0.486. The molecule has 0 saturated carbocycles. The fourth-order valence-electron chi connectivity index (χ4n) is 8.01. The maximum Gasteiger partial charge on any atom is 0.251 e. The van der Waals surface area contributed by atoms with Crippen molar-refractivity contribution in [2.75, 3.05) is 23.8 Å². The van der Waals surface area contributed by atoms with Crippen molar-refractivity contribution in [1.82, 2.24) is 4.90 Å². The minimum atomic E-state index is -1.46. The maximum atomic E-state index is 14.9. The van der Waals surface area contributed by atoms with Gasteiger partial charge in [-0.25, -0.2) is 0 Å². The number of carbonyl (C=O) groups excluding carboxylic acids is 3. The van der Waals surface area contributed by atoms with E-state index in [-0.39, 0.29) is 23.6 Å². The third kappa shape index (κ3) is 2.73. The van der Waals surface area contributed by atoms with Crippen molar-refractivity contribution in [3.8, 4) is 5.75 Å². The van der Waals surface area contributed by atoms with E-state index in [1.165, 1.54) is 0 Å². The standard InChI is InChI=1S/C32H31N3O4/c1-4-39-25-14-8-5-10-20(25)28(36)26-24-13-9-17-35(24)32(22-16-15-18(2)19(3)27(22)34-30(32)38)31(26)21-11-6-7-12-23(21)33-29(31)37/h5-8,10-12,14-16,24,26H,4,9,13,17H2,1-3H3,(H,33,37)(H,34,38)/t24-,26+,31-,32+/m0/s1. The number of ether oxygens (including phenoxy) is 1. The molecular weight excluding hydrogens is 490 g/mol. The van der Waals surface area contributed by atoms with Crippen molar-refractivity contribution in [3.63, 3.8) is 0 Å². The molecule has 198 valence electrons. The number of fused-ring (bicyclic) bond motifs is 7. The van der Waals surface area contributed by atoms with Crippen LogP contribution >= 0.6 is 0 Å². The van der Waals surface area contributed by atoms with Gasteiger partial charge in [0.25, 0.3) is 5.91 Å². The molecule has 2 fully saturated rings. The number of nitrogens with zero attached hydrogens (tertiary/aromatic N) is 1. The van der Waals surface area contributed by atoms with E-state index in [1.54, 1.807) is 12.1 Å². The number of hydrogen-bond donors (Lipinski definition) is 2. The number of aryl methyl sites for hydroxylation is 1. The number of carbonyl (C=O) groups is 3. The molecule has 0 aliphatic carbocycles. The Balaban J connectivity index is 1.58. The zero-order valence-corrected chi connectivity index (χ0v) is 22.3. The molecule has 0 aromatic heterocycles. The van der Waals surface area contributed by atoms with Crippen molar-refractivity contribution in [2.24, 2.45) is 5.92 Å². The molecule has 7 heteroatoms. The fourth-order valence-corrected chi connectivity index (χ4v) is 8.01. The SMILES string of the molecule is CCOc1ccccc1C(=O)[C@H]1[C@@H]2CCCN2[C@]2(C(=O)Nc3c2ccc(C)c3C)[C@]12C(=O)Nc1ccccc12. The Morgan fingerprint density at radius 2 is 1.74 bits per heavy atom. The summed E-state index contributed by atoms with van der Waals surface area (Å²) in [6, 6.07) is 18.5.